The molecular formula is C13H22N2O3. The Morgan fingerprint density at radius 1 is 1.44 bits per heavy atom. The van der Waals surface area contributed by atoms with Crippen molar-refractivity contribution < 1.29 is 14.3 Å². The van der Waals surface area contributed by atoms with Crippen LogP contribution >= 0.6 is 0 Å². The number of nitrogens with one attached hydrogen (secondary N) is 1. The Labute approximate surface area is 108 Å². The number of ether oxygens (including phenoxy) is 1. The van der Waals surface area contributed by atoms with Gasteiger partial charge in [-0.15, -0.1) is 0 Å². The summed E-state index contributed by atoms with van der Waals surface area (Å²) in [7, 11) is 0. The molecule has 2 heterocycles. The van der Waals surface area contributed by atoms with Crippen LogP contribution in [0.2, 0.25) is 0 Å². The molecule has 0 aliphatic carbocycles. The van der Waals surface area contributed by atoms with Crippen molar-refractivity contribution in [2.45, 2.75) is 26.7 Å². The highest BCUT2D eigenvalue weighted by Gasteiger charge is 2.35. The lowest BCUT2D eigenvalue weighted by molar-refractivity contribution is -0.136. The number of likely N-dealkylation sites (tertiary alicyclic amines) is 1. The molecule has 0 saturated carbocycles. The molecule has 2 aliphatic heterocycles. The number of carbonyl (C=O) groups is 2. The molecule has 1 N–H and O–H groups in total. The van der Waals surface area contributed by atoms with Crippen LogP contribution in [-0.2, 0) is 14.3 Å². The summed E-state index contributed by atoms with van der Waals surface area (Å²) >= 11 is 0. The van der Waals surface area contributed by atoms with Crippen LogP contribution < -0.4 is 5.32 Å². The van der Waals surface area contributed by atoms with Crippen molar-refractivity contribution in [3.63, 3.8) is 0 Å². The zero-order valence-electron chi connectivity index (χ0n) is 11.2. The number of amides is 2. The normalized spacial score (nSPS) is 26.3. The molecule has 0 aromatic rings. The van der Waals surface area contributed by atoms with Crippen LogP contribution in [-0.4, -0.2) is 49.6 Å². The molecule has 18 heavy (non-hydrogen) atoms. The lowest BCUT2D eigenvalue weighted by Crippen LogP contribution is -2.51. The average Bonchev–Trinajstić information content (AvgIpc) is 2.33. The van der Waals surface area contributed by atoms with Gasteiger partial charge in [0.25, 0.3) is 0 Å². The summed E-state index contributed by atoms with van der Waals surface area (Å²) in [5, 5.41) is 3.00. The van der Waals surface area contributed by atoms with Gasteiger partial charge in [-0.05, 0) is 12.8 Å². The van der Waals surface area contributed by atoms with Gasteiger partial charge in [0.05, 0.1) is 19.1 Å². The molecule has 2 aliphatic rings. The van der Waals surface area contributed by atoms with Crippen LogP contribution in [0.25, 0.3) is 0 Å². The van der Waals surface area contributed by atoms with Crippen LogP contribution in [0, 0.1) is 11.3 Å². The van der Waals surface area contributed by atoms with E-state index in [0.29, 0.717) is 13.1 Å². The lowest BCUT2D eigenvalue weighted by atomic mass is 9.88. The molecule has 0 aromatic carbocycles. The summed E-state index contributed by atoms with van der Waals surface area (Å²) in [6.07, 6.45) is 1.79. The summed E-state index contributed by atoms with van der Waals surface area (Å²) in [5.41, 5.74) is 0.102. The van der Waals surface area contributed by atoms with Gasteiger partial charge in [-0.3, -0.25) is 9.59 Å². The topological polar surface area (TPSA) is 58.6 Å². The molecule has 2 fully saturated rings. The van der Waals surface area contributed by atoms with Gasteiger partial charge >= 0.3 is 0 Å². The molecule has 0 spiro atoms. The minimum atomic E-state index is -0.0488. The van der Waals surface area contributed by atoms with Crippen molar-refractivity contribution in [1.29, 1.82) is 0 Å². The molecule has 0 aromatic heterocycles. The van der Waals surface area contributed by atoms with Crippen molar-refractivity contribution in [3.05, 3.63) is 0 Å². The van der Waals surface area contributed by atoms with E-state index in [1.165, 1.54) is 0 Å². The molecular weight excluding hydrogens is 232 g/mol. The molecule has 0 radical (unpaired) electrons. The predicted molar refractivity (Wildman–Crippen MR) is 66.9 cm³/mol. The van der Waals surface area contributed by atoms with Gasteiger partial charge in [-0.1, -0.05) is 6.92 Å². The zero-order chi connectivity index (χ0) is 13.2. The number of piperidine rings is 1. The van der Waals surface area contributed by atoms with E-state index >= 15 is 0 Å². The maximum atomic E-state index is 12.1. The van der Waals surface area contributed by atoms with Crippen molar-refractivity contribution >= 4 is 11.8 Å². The Bertz CT molecular complexity index is 339. The van der Waals surface area contributed by atoms with Crippen molar-refractivity contribution in [3.8, 4) is 0 Å². The smallest absolute Gasteiger partial charge is 0.224 e. The molecule has 5 heteroatoms. The fourth-order valence-corrected chi connectivity index (χ4v) is 2.47. The number of rotatable bonds is 3. The quantitative estimate of drug-likeness (QED) is 0.793. The summed E-state index contributed by atoms with van der Waals surface area (Å²) in [5.74, 6) is 0.0909. The van der Waals surface area contributed by atoms with E-state index in [2.05, 4.69) is 12.2 Å². The zero-order valence-corrected chi connectivity index (χ0v) is 11.2. The number of hydrogen-bond acceptors (Lipinski definition) is 3. The minimum absolute atomic E-state index is 0.0488. The maximum Gasteiger partial charge on any atom is 0.224 e. The summed E-state index contributed by atoms with van der Waals surface area (Å²) < 4.78 is 5.16. The largest absolute Gasteiger partial charge is 0.380 e. The van der Waals surface area contributed by atoms with Gasteiger partial charge in [0.1, 0.15) is 0 Å². The van der Waals surface area contributed by atoms with E-state index in [4.69, 9.17) is 4.74 Å². The third-order valence-corrected chi connectivity index (χ3v) is 3.83. The first-order chi connectivity index (χ1) is 8.50. The van der Waals surface area contributed by atoms with Crippen molar-refractivity contribution in [2.75, 3.05) is 32.8 Å². The highest BCUT2D eigenvalue weighted by molar-refractivity contribution is 5.80. The monoisotopic (exact) mass is 254 g/mol. The second-order valence-corrected chi connectivity index (χ2v) is 5.83. The third kappa shape index (κ3) is 3.02. The van der Waals surface area contributed by atoms with Gasteiger partial charge in [0, 0.05) is 32.0 Å². The summed E-state index contributed by atoms with van der Waals surface area (Å²) in [6, 6.07) is 0. The highest BCUT2D eigenvalue weighted by Crippen LogP contribution is 2.25. The Morgan fingerprint density at radius 3 is 2.72 bits per heavy atom. The van der Waals surface area contributed by atoms with Crippen LogP contribution in [0.4, 0.5) is 0 Å². The number of carbonyl (C=O) groups excluding carboxylic acids is 2. The fourth-order valence-electron chi connectivity index (χ4n) is 2.47. The van der Waals surface area contributed by atoms with Crippen LogP contribution in [0.15, 0.2) is 0 Å². The van der Waals surface area contributed by atoms with Crippen molar-refractivity contribution in [2.24, 2.45) is 11.3 Å². The fraction of sp³-hybridized carbons (Fsp3) is 0.846. The van der Waals surface area contributed by atoms with Crippen LogP contribution in [0.3, 0.4) is 0 Å². The summed E-state index contributed by atoms with van der Waals surface area (Å²) in [6.45, 7) is 7.13. The van der Waals surface area contributed by atoms with Crippen molar-refractivity contribution in [1.82, 2.24) is 10.2 Å². The molecule has 1 unspecified atom stereocenters. The van der Waals surface area contributed by atoms with E-state index < -0.39 is 0 Å². The molecule has 5 nitrogen and oxygen atoms in total. The molecule has 2 saturated heterocycles. The second kappa shape index (κ2) is 5.26. The van der Waals surface area contributed by atoms with Gasteiger partial charge in [-0.2, -0.15) is 0 Å². The number of nitrogens with zero attached hydrogens (tertiary/aromatic N) is 1. The van der Waals surface area contributed by atoms with Gasteiger partial charge < -0.3 is 15.0 Å². The Balaban J connectivity index is 1.79. The first-order valence-corrected chi connectivity index (χ1v) is 6.61. The molecule has 102 valence electrons. The first-order valence-electron chi connectivity index (χ1n) is 6.61. The van der Waals surface area contributed by atoms with E-state index in [1.54, 1.807) is 11.8 Å². The Morgan fingerprint density at radius 2 is 2.17 bits per heavy atom. The summed E-state index contributed by atoms with van der Waals surface area (Å²) in [4.78, 5) is 25.1. The standard InChI is InChI=1S/C13H22N2O3/c1-10(16)15-5-3-4-11(6-15)12(17)14-7-13(2)8-18-9-13/h11H,3-9H2,1-2H3,(H,14,17). The van der Waals surface area contributed by atoms with E-state index in [1.807, 2.05) is 0 Å². The minimum Gasteiger partial charge on any atom is -0.380 e. The van der Waals surface area contributed by atoms with E-state index in [0.717, 1.165) is 32.6 Å². The lowest BCUT2D eigenvalue weighted by Gasteiger charge is -2.39. The SMILES string of the molecule is CC(=O)N1CCCC(C(=O)NCC2(C)COC2)C1. The van der Waals surface area contributed by atoms with Gasteiger partial charge in [-0.25, -0.2) is 0 Å². The van der Waals surface area contributed by atoms with E-state index in [9.17, 15) is 9.59 Å². The Hall–Kier alpha value is -1.10. The third-order valence-electron chi connectivity index (χ3n) is 3.83. The molecule has 2 rings (SSSR count). The second-order valence-electron chi connectivity index (χ2n) is 5.83. The molecule has 1 atom stereocenters. The maximum absolute atomic E-state index is 12.1. The first kappa shape index (κ1) is 13.3. The predicted octanol–water partition coefficient (Wildman–Crippen LogP) is 0.398. The average molecular weight is 254 g/mol. The molecule has 0 bridgehead atoms. The van der Waals surface area contributed by atoms with Gasteiger partial charge in [0.2, 0.25) is 11.8 Å². The number of hydrogen-bond donors (Lipinski definition) is 1. The van der Waals surface area contributed by atoms with Crippen LogP contribution in [0.1, 0.15) is 26.7 Å². The van der Waals surface area contributed by atoms with E-state index in [-0.39, 0.29) is 23.1 Å². The molecule has 2 amide bonds. The highest BCUT2D eigenvalue weighted by atomic mass is 16.5. The Kier molecular flexibility index (Phi) is 3.90. The van der Waals surface area contributed by atoms with Crippen LogP contribution in [0.5, 0.6) is 0 Å². The van der Waals surface area contributed by atoms with Gasteiger partial charge in [0.15, 0.2) is 0 Å².